The number of methoxy groups -OCH3 is 6. The van der Waals surface area contributed by atoms with Crippen LogP contribution in [0.5, 0.6) is 17.2 Å². The van der Waals surface area contributed by atoms with Gasteiger partial charge in [0.05, 0.1) is 75.6 Å². The lowest BCUT2D eigenvalue weighted by Crippen LogP contribution is -2.63. The number of carboxylic acid groups (broad SMARTS) is 1. The number of nitrogens with one attached hydrogen (secondary N) is 3. The van der Waals surface area contributed by atoms with Gasteiger partial charge in [0.2, 0.25) is 17.7 Å². The van der Waals surface area contributed by atoms with E-state index in [0.717, 1.165) is 33.4 Å². The summed E-state index contributed by atoms with van der Waals surface area (Å²) in [6, 6.07) is 9.88. The summed E-state index contributed by atoms with van der Waals surface area (Å²) in [5.74, 6) is -2.91. The van der Waals surface area contributed by atoms with Crippen molar-refractivity contribution in [1.82, 2.24) is 20.9 Å². The topological polar surface area (TPSA) is 434 Å². The molecule has 7 amide bonds. The monoisotopic (exact) mass is 2010 g/mol. The summed E-state index contributed by atoms with van der Waals surface area (Å²) in [5, 5.41) is 63.2. The molecule has 137 heavy (non-hydrogen) atoms. The van der Waals surface area contributed by atoms with Crippen molar-refractivity contribution in [3.63, 3.8) is 0 Å². The van der Waals surface area contributed by atoms with E-state index in [2.05, 4.69) is 16.0 Å². The van der Waals surface area contributed by atoms with Crippen LogP contribution in [-0.2, 0) is 95.4 Å². The first-order valence-corrected chi connectivity index (χ1v) is 48.8. The molecule has 8 N–H and O–H groups in total. The van der Waals surface area contributed by atoms with E-state index < -0.39 is 149 Å². The minimum Gasteiger partial charge on any atom is -0.495 e. The van der Waals surface area contributed by atoms with Crippen LogP contribution >= 0.6 is 56.4 Å². The van der Waals surface area contributed by atoms with Gasteiger partial charge in [-0.15, -0.1) is 0 Å². The number of fused-ring (bicyclic) bond motifs is 15. The fourth-order valence-electron chi connectivity index (χ4n) is 18.0. The largest absolute Gasteiger partial charge is 0.495 e. The maximum absolute atomic E-state index is 14.2. The Balaban J connectivity index is 0.000000220. The number of anilines is 3. The number of hydrogen-bond acceptors (Lipinski definition) is 28. The highest BCUT2D eigenvalue weighted by molar-refractivity contribution is 8.77. The number of alkyl carbamates (subject to hydrolysis) is 3. The van der Waals surface area contributed by atoms with Gasteiger partial charge in [-0.2, -0.15) is 0 Å². The number of aliphatic hydroxyl groups excluding tert-OH is 1. The van der Waals surface area contributed by atoms with Crippen molar-refractivity contribution in [2.24, 2.45) is 17.8 Å². The third-order valence-electron chi connectivity index (χ3n) is 26.9. The van der Waals surface area contributed by atoms with E-state index in [9.17, 15) is 63.6 Å². The maximum Gasteiger partial charge on any atom is 0.409 e. The van der Waals surface area contributed by atoms with Crippen molar-refractivity contribution < 1.29 is 130 Å². The number of hydrogen-bond donors (Lipinski definition) is 8. The van der Waals surface area contributed by atoms with E-state index in [1.807, 2.05) is 97.9 Å². The third-order valence-corrected chi connectivity index (χ3v) is 31.6. The molecule has 3 aromatic carbocycles. The summed E-state index contributed by atoms with van der Waals surface area (Å²) in [6.07, 6.45) is 10.4. The lowest BCUT2D eigenvalue weighted by Gasteiger charge is -2.42. The van der Waals surface area contributed by atoms with Gasteiger partial charge in [0.15, 0.2) is 17.2 Å². The lowest BCUT2D eigenvalue weighted by atomic mass is 9.83. The van der Waals surface area contributed by atoms with Gasteiger partial charge < -0.3 is 107 Å². The van der Waals surface area contributed by atoms with Crippen molar-refractivity contribution in [3.8, 4) is 17.2 Å². The Kier molecular flexibility index (Phi) is 37.1. The molecule has 0 saturated carbocycles. The molecule has 23 atom stereocenters. The zero-order chi connectivity index (χ0) is 101. The van der Waals surface area contributed by atoms with Crippen LogP contribution in [0.2, 0.25) is 15.1 Å². The molecule has 39 heteroatoms. The number of aliphatic carboxylic acids is 1. The zero-order valence-corrected chi connectivity index (χ0v) is 85.5. The van der Waals surface area contributed by atoms with Crippen LogP contribution in [0, 0.1) is 17.8 Å². The van der Waals surface area contributed by atoms with E-state index in [1.165, 1.54) is 75.4 Å². The number of epoxide rings is 3. The number of amides is 7. The van der Waals surface area contributed by atoms with E-state index in [4.69, 9.17) is 101 Å². The molecule has 34 nitrogen and oxygen atoms in total. The van der Waals surface area contributed by atoms with E-state index in [-0.39, 0.29) is 95.2 Å². The Bertz CT molecular complexity index is 5180. The second-order valence-electron chi connectivity index (χ2n) is 37.4. The maximum atomic E-state index is 14.2. The number of allylic oxidation sites excluding steroid dienone is 9. The van der Waals surface area contributed by atoms with Gasteiger partial charge >= 0.3 is 30.2 Å². The molecule has 12 rings (SSSR count). The Morgan fingerprint density at radius 3 is 1.27 bits per heavy atom. The van der Waals surface area contributed by atoms with Crippen molar-refractivity contribution >= 4 is 127 Å². The van der Waals surface area contributed by atoms with E-state index >= 15 is 0 Å². The first kappa shape index (κ1) is 110. The quantitative estimate of drug-likeness (QED) is 0.0254. The number of rotatable bonds is 18. The second kappa shape index (κ2) is 46.2. The standard InChI is InChI=1S/C42H60ClN3O12S2.C28H37ClN2O8.C28H35ClN2O7/c1-23-12-11-13-32(55-10)42(53)22-31(56-40(52)44-42)26(4)38-41(6,58-38)33(21-35(48)46(8)29-19-28(18-23)20-30(54-9)37(29)43)57-39(51)27(5)45(7)34(47)16-14-24(2)59-60-25(3)15-17-36(49)50;1-15-8-7-9-22(37-6)28(35)14-20(38-26(34)30-28)16(2)25-27(3,39-25)21(32)13-23(33)31(4)18-11-17(10-15)12-19(36-5)24(18)29;1-16-8-7-9-22(36-6)28(34)15-21(37-26(33)30-28)17(2)25-27(3,38-25)11-10-23(32)31(4)19-13-18(12-16)14-20(35-5)24(19)29/h11-13,19-20,24-27,31-33,38,53H,14-18,21-22H2,1-10H3,(H,44,52)(H,49,50);7-9,11-12,16,20-22,25,32,35H,10,13-14H2,1-6H3,(H,30,34);7-11,13-14,17,21-22,25,34H,12,15H2,1-6H3,(H,30,33)/b13-11+,23-12+;9-7+,15-8+;9-7+,11-10+,16-8+/t24?,25?,26-,27+,31+,32-,33+,38+,41+,42+;16-,20+,21+,22-,25+,27+,28+;17-,21+,22-,25+,27+,28+/m111/s1. The first-order valence-electron chi connectivity index (χ1n) is 45.4. The Hall–Kier alpha value is -8.96. The van der Waals surface area contributed by atoms with Gasteiger partial charge in [-0.3, -0.25) is 39.9 Å². The number of esters is 1. The fraction of sp³-hybridized carbons (Fsp3) is 0.582. The highest BCUT2D eigenvalue weighted by atomic mass is 35.5. The summed E-state index contributed by atoms with van der Waals surface area (Å²) in [6.45, 7) is 22.1. The van der Waals surface area contributed by atoms with Crippen LogP contribution in [0.25, 0.3) is 0 Å². The molecule has 0 spiro atoms. The smallest absolute Gasteiger partial charge is 0.409 e. The van der Waals surface area contributed by atoms with Gasteiger partial charge in [-0.1, -0.05) is 162 Å². The number of benzene rings is 3. The molecule has 0 aromatic heterocycles. The molecule has 9 aliphatic heterocycles. The van der Waals surface area contributed by atoms with Crippen LogP contribution in [-0.4, -0.2) is 273 Å². The number of aliphatic hydroxyl groups is 4. The lowest BCUT2D eigenvalue weighted by molar-refractivity contribution is -0.162. The van der Waals surface area contributed by atoms with Crippen LogP contribution in [0.3, 0.4) is 0 Å². The zero-order valence-electron chi connectivity index (χ0n) is 81.6. The van der Waals surface area contributed by atoms with Crippen LogP contribution in [0.4, 0.5) is 31.4 Å². The number of nitrogens with zero attached hydrogens (tertiary/aromatic N) is 4. The Labute approximate surface area is 823 Å². The second-order valence-corrected chi connectivity index (χ2v) is 41.7. The van der Waals surface area contributed by atoms with Crippen LogP contribution < -0.4 is 44.9 Å². The number of carboxylic acids is 1. The number of carbonyl (C=O) groups is 9. The minimum absolute atomic E-state index is 0.0310. The predicted molar refractivity (Wildman–Crippen MR) is 519 cm³/mol. The summed E-state index contributed by atoms with van der Waals surface area (Å²) in [5.41, 5.74) is -1.48. The molecule has 6 saturated heterocycles. The molecule has 9 heterocycles. The molecule has 12 bridgehead atoms. The molecule has 6 fully saturated rings. The van der Waals surface area contributed by atoms with E-state index in [0.29, 0.717) is 71.4 Å². The van der Waals surface area contributed by atoms with Gasteiger partial charge in [-0.05, 0) is 140 Å². The molecule has 0 aliphatic carbocycles. The average Bonchev–Trinajstić information content (AvgIpc) is 1.48. The molecule has 754 valence electrons. The van der Waals surface area contributed by atoms with Gasteiger partial charge in [0, 0.05) is 116 Å². The van der Waals surface area contributed by atoms with Gasteiger partial charge in [0.25, 0.3) is 5.91 Å². The molecule has 2 unspecified atom stereocenters. The average molecular weight is 2010 g/mol. The minimum atomic E-state index is -1.85. The molecule has 0 radical (unpaired) electrons. The SMILES string of the molecule is COc1cc2cc(c1Cl)N(C)C(=O)/C=C/[C@]1(C)O[C@H]1[C@H](C)[C@@H]1C[C@@](O)(NC(=O)O1)[C@H](OC)/C=C/C=C(\C)C2.COc1cc2cc(c1Cl)N(C)C(=O)C[C@H](O)[C@]1(C)O[C@H]1[C@H](C)[C@@H]1C[C@@](O)(NC(=O)O1)[C@H](OC)/C=C/C=C(\C)C2.COc1cc2cc(c1Cl)N(C)C(=O)C[C@H](OC(=O)[C@H](C)N(C)C(=O)CCC(C)SSC(C)CCC(=O)O)[C@]1(C)O[C@H]1[C@H](C)[C@@H]1C[C@@](O)(NC(=O)O1)[C@H](OC)/C=C/C=C(\C)C2. The number of halogens is 3. The van der Waals surface area contributed by atoms with Crippen molar-refractivity contribution in [1.29, 1.82) is 0 Å². The third kappa shape index (κ3) is 26.6. The van der Waals surface area contributed by atoms with Crippen molar-refractivity contribution in [2.45, 2.75) is 278 Å². The van der Waals surface area contributed by atoms with Crippen molar-refractivity contribution in [2.75, 3.05) is 85.5 Å². The van der Waals surface area contributed by atoms with E-state index in [1.54, 1.807) is 125 Å². The Morgan fingerprint density at radius 1 is 0.533 bits per heavy atom. The highest BCUT2D eigenvalue weighted by Gasteiger charge is 2.66. The Morgan fingerprint density at radius 2 is 0.891 bits per heavy atom. The molecular formula is C98H132Cl3N7O27S2. The highest BCUT2D eigenvalue weighted by Crippen LogP contribution is 2.53. The predicted octanol–water partition coefficient (Wildman–Crippen LogP) is 13.4. The number of carbonyl (C=O) groups excluding carboxylic acids is 8. The van der Waals surface area contributed by atoms with Crippen LogP contribution in [0.1, 0.15) is 158 Å². The molecule has 3 aromatic rings. The summed E-state index contributed by atoms with van der Waals surface area (Å²) < 4.78 is 74.3. The van der Waals surface area contributed by atoms with Gasteiger partial charge in [-0.25, -0.2) is 19.2 Å². The normalized spacial score (nSPS) is 34.0. The fourth-order valence-corrected chi connectivity index (χ4v) is 21.4. The first-order chi connectivity index (χ1) is 64.4. The molecular weight excluding hydrogens is 1880 g/mol. The van der Waals surface area contributed by atoms with Crippen LogP contribution in [0.15, 0.2) is 120 Å². The summed E-state index contributed by atoms with van der Waals surface area (Å²) in [7, 11) is 18.4. The summed E-state index contributed by atoms with van der Waals surface area (Å²) >= 11 is 19.9. The van der Waals surface area contributed by atoms with Crippen molar-refractivity contribution in [3.05, 3.63) is 152 Å². The number of likely N-dealkylation sites (N-methyl/N-ethyl adjacent to an activating group) is 2. The van der Waals surface area contributed by atoms with Gasteiger partial charge in [0.1, 0.15) is 97.9 Å². The summed E-state index contributed by atoms with van der Waals surface area (Å²) in [4.78, 5) is 122. The molecule has 9 aliphatic rings. The number of ether oxygens (including phenoxy) is 13.